The van der Waals surface area contributed by atoms with Gasteiger partial charge in [-0.25, -0.2) is 4.98 Å². The number of carbonyl (C=O) groups is 1. The van der Waals surface area contributed by atoms with E-state index in [9.17, 15) is 4.79 Å². The maximum Gasteiger partial charge on any atom is 0.266 e. The first-order valence-corrected chi connectivity index (χ1v) is 9.17. The van der Waals surface area contributed by atoms with Gasteiger partial charge in [-0.05, 0) is 49.4 Å². The van der Waals surface area contributed by atoms with Crippen molar-refractivity contribution in [1.29, 1.82) is 0 Å². The lowest BCUT2D eigenvalue weighted by atomic mass is 10.2. The molecule has 124 valence electrons. The largest absolute Gasteiger partial charge is 0.494 e. The third-order valence-electron chi connectivity index (χ3n) is 3.29. The number of amides is 1. The first-order chi connectivity index (χ1) is 11.6. The molecule has 2 aromatic rings. The predicted molar refractivity (Wildman–Crippen MR) is 99.9 cm³/mol. The van der Waals surface area contributed by atoms with Crippen LogP contribution in [0.25, 0.3) is 6.08 Å². The summed E-state index contributed by atoms with van der Waals surface area (Å²) < 4.78 is 5.43. The Morgan fingerprint density at radius 3 is 2.71 bits per heavy atom. The fourth-order valence-corrected chi connectivity index (χ4v) is 3.79. The van der Waals surface area contributed by atoms with Crippen molar-refractivity contribution in [3.8, 4) is 5.75 Å². The Balaban J connectivity index is 1.81. The third-order valence-corrected chi connectivity index (χ3v) is 5.20. The molecular weight excluding hydrogens is 342 g/mol. The number of amidine groups is 1. The average molecular weight is 359 g/mol. The molecule has 1 saturated heterocycles. The lowest BCUT2D eigenvalue weighted by molar-refractivity contribution is -0.121. The first kappa shape index (κ1) is 16.7. The molecule has 0 aliphatic carbocycles. The van der Waals surface area contributed by atoms with Crippen molar-refractivity contribution in [2.24, 2.45) is 4.99 Å². The molecule has 1 aromatic heterocycles. The number of likely N-dealkylation sites (N-methyl/N-ethyl adjacent to an activating group) is 1. The fourth-order valence-electron chi connectivity index (χ4n) is 2.10. The van der Waals surface area contributed by atoms with Crippen molar-refractivity contribution in [3.05, 3.63) is 45.8 Å². The van der Waals surface area contributed by atoms with E-state index in [0.29, 0.717) is 21.8 Å². The molecule has 3 rings (SSSR count). The number of aliphatic imine (C=N–C) groups is 1. The van der Waals surface area contributed by atoms with Crippen LogP contribution in [-0.2, 0) is 4.79 Å². The van der Waals surface area contributed by atoms with Crippen LogP contribution in [0, 0.1) is 6.92 Å². The molecule has 1 amide bonds. The smallest absolute Gasteiger partial charge is 0.266 e. The number of thiazole rings is 1. The molecule has 2 heterocycles. The lowest BCUT2D eigenvalue weighted by Gasteiger charge is -2.05. The number of hydrogen-bond donors (Lipinski definition) is 0. The summed E-state index contributed by atoms with van der Waals surface area (Å²) in [7, 11) is 1.73. The number of rotatable bonds is 4. The standard InChI is InChI=1S/C17H17N3O2S2/c1-4-22-13-7-5-12(6-8-13)9-14-15(21)20(3)17(24-14)19-16-18-11(2)10-23-16/h5-10H,4H2,1-3H3/b14-9-,19-17+. The molecule has 0 unspecified atom stereocenters. The summed E-state index contributed by atoms with van der Waals surface area (Å²) in [6.45, 7) is 4.51. The number of carbonyl (C=O) groups excluding carboxylic acids is 1. The van der Waals surface area contributed by atoms with E-state index < -0.39 is 0 Å². The molecule has 0 N–H and O–H groups in total. The minimum absolute atomic E-state index is 0.0547. The molecule has 0 saturated carbocycles. The number of nitrogens with zero attached hydrogens (tertiary/aromatic N) is 3. The van der Waals surface area contributed by atoms with Gasteiger partial charge in [0.25, 0.3) is 5.91 Å². The second-order valence-corrected chi connectivity index (χ2v) is 6.99. The fraction of sp³-hybridized carbons (Fsp3) is 0.235. The summed E-state index contributed by atoms with van der Waals surface area (Å²) in [5, 5.41) is 3.25. The first-order valence-electron chi connectivity index (χ1n) is 7.48. The normalized spacial score (nSPS) is 18.0. The minimum atomic E-state index is -0.0547. The van der Waals surface area contributed by atoms with E-state index >= 15 is 0 Å². The molecule has 1 aliphatic heterocycles. The number of benzene rings is 1. The van der Waals surface area contributed by atoms with Gasteiger partial charge in [0.05, 0.1) is 17.2 Å². The summed E-state index contributed by atoms with van der Waals surface area (Å²) >= 11 is 2.83. The topological polar surface area (TPSA) is 54.8 Å². The number of ether oxygens (including phenoxy) is 1. The zero-order valence-electron chi connectivity index (χ0n) is 13.6. The van der Waals surface area contributed by atoms with Crippen LogP contribution in [0.4, 0.5) is 5.13 Å². The monoisotopic (exact) mass is 359 g/mol. The van der Waals surface area contributed by atoms with E-state index in [1.807, 2.05) is 49.6 Å². The van der Waals surface area contributed by atoms with Crippen LogP contribution in [0.3, 0.4) is 0 Å². The van der Waals surface area contributed by atoms with Gasteiger partial charge in [-0.15, -0.1) is 11.3 Å². The second kappa shape index (κ2) is 7.19. The van der Waals surface area contributed by atoms with E-state index in [1.54, 1.807) is 11.9 Å². The molecule has 1 aromatic carbocycles. The number of aryl methyl sites for hydroxylation is 1. The Labute approximate surface area is 149 Å². The van der Waals surface area contributed by atoms with Gasteiger partial charge in [0.15, 0.2) is 5.17 Å². The summed E-state index contributed by atoms with van der Waals surface area (Å²) in [5.74, 6) is 0.768. The Morgan fingerprint density at radius 1 is 1.33 bits per heavy atom. The molecule has 0 spiro atoms. The molecule has 1 fully saturated rings. The quantitative estimate of drug-likeness (QED) is 0.772. The van der Waals surface area contributed by atoms with Crippen LogP contribution in [0.15, 0.2) is 39.5 Å². The van der Waals surface area contributed by atoms with E-state index in [4.69, 9.17) is 4.74 Å². The number of aromatic nitrogens is 1. The highest BCUT2D eigenvalue weighted by molar-refractivity contribution is 8.18. The van der Waals surface area contributed by atoms with E-state index in [1.165, 1.54) is 23.1 Å². The van der Waals surface area contributed by atoms with Crippen LogP contribution in [0.5, 0.6) is 5.75 Å². The van der Waals surface area contributed by atoms with Crippen molar-refractivity contribution in [2.45, 2.75) is 13.8 Å². The highest BCUT2D eigenvalue weighted by Gasteiger charge is 2.30. The van der Waals surface area contributed by atoms with Gasteiger partial charge in [0.2, 0.25) is 5.13 Å². The van der Waals surface area contributed by atoms with Gasteiger partial charge >= 0.3 is 0 Å². The van der Waals surface area contributed by atoms with Crippen molar-refractivity contribution in [3.63, 3.8) is 0 Å². The van der Waals surface area contributed by atoms with Gasteiger partial charge in [0.1, 0.15) is 5.75 Å². The zero-order chi connectivity index (χ0) is 17.1. The van der Waals surface area contributed by atoms with Crippen molar-refractivity contribution >= 4 is 45.4 Å². The molecule has 7 heteroatoms. The summed E-state index contributed by atoms with van der Waals surface area (Å²) in [5.41, 5.74) is 1.88. The van der Waals surface area contributed by atoms with E-state index in [0.717, 1.165) is 17.0 Å². The molecule has 5 nitrogen and oxygen atoms in total. The third kappa shape index (κ3) is 3.68. The van der Waals surface area contributed by atoms with Gasteiger partial charge < -0.3 is 4.74 Å². The number of hydrogen-bond acceptors (Lipinski definition) is 6. The van der Waals surface area contributed by atoms with Gasteiger partial charge in [-0.2, -0.15) is 4.99 Å². The highest BCUT2D eigenvalue weighted by atomic mass is 32.2. The van der Waals surface area contributed by atoms with E-state index in [2.05, 4.69) is 9.98 Å². The maximum atomic E-state index is 12.4. The molecular formula is C17H17N3O2S2. The van der Waals surface area contributed by atoms with E-state index in [-0.39, 0.29) is 5.91 Å². The SMILES string of the molecule is CCOc1ccc(/C=C2\S/C(=N/c3nc(C)cs3)N(C)C2=O)cc1. The van der Waals surface area contributed by atoms with Crippen LogP contribution < -0.4 is 4.74 Å². The average Bonchev–Trinajstić information content (AvgIpc) is 3.09. The second-order valence-electron chi connectivity index (χ2n) is 5.14. The van der Waals surface area contributed by atoms with Gasteiger partial charge in [-0.3, -0.25) is 9.69 Å². The Morgan fingerprint density at radius 2 is 2.08 bits per heavy atom. The maximum absolute atomic E-state index is 12.4. The van der Waals surface area contributed by atoms with Crippen molar-refractivity contribution < 1.29 is 9.53 Å². The molecule has 0 bridgehead atoms. The number of thioether (sulfide) groups is 1. The van der Waals surface area contributed by atoms with Crippen molar-refractivity contribution in [2.75, 3.05) is 13.7 Å². The summed E-state index contributed by atoms with van der Waals surface area (Å²) in [4.78, 5) is 23.4. The Kier molecular flexibility index (Phi) is 5.01. The van der Waals surface area contributed by atoms with Crippen LogP contribution in [0.2, 0.25) is 0 Å². The Bertz CT molecular complexity index is 809. The molecule has 24 heavy (non-hydrogen) atoms. The van der Waals surface area contributed by atoms with Crippen molar-refractivity contribution in [1.82, 2.24) is 9.88 Å². The summed E-state index contributed by atoms with van der Waals surface area (Å²) in [6, 6.07) is 7.67. The van der Waals surface area contributed by atoms with Crippen LogP contribution in [-0.4, -0.2) is 34.6 Å². The molecule has 0 atom stereocenters. The summed E-state index contributed by atoms with van der Waals surface area (Å²) in [6.07, 6.45) is 1.87. The molecule has 0 radical (unpaired) electrons. The Hall–Kier alpha value is -2.12. The van der Waals surface area contributed by atoms with Crippen LogP contribution in [0.1, 0.15) is 18.2 Å². The molecule has 1 aliphatic rings. The lowest BCUT2D eigenvalue weighted by Crippen LogP contribution is -2.23. The van der Waals surface area contributed by atoms with Gasteiger partial charge in [0, 0.05) is 12.4 Å². The predicted octanol–water partition coefficient (Wildman–Crippen LogP) is 4.08. The highest BCUT2D eigenvalue weighted by Crippen LogP contribution is 2.33. The van der Waals surface area contributed by atoms with Crippen LogP contribution >= 0.6 is 23.1 Å². The zero-order valence-corrected chi connectivity index (χ0v) is 15.3. The minimum Gasteiger partial charge on any atom is -0.494 e. The van der Waals surface area contributed by atoms with Gasteiger partial charge in [-0.1, -0.05) is 12.1 Å².